The van der Waals surface area contributed by atoms with Gasteiger partial charge >= 0.3 is 0 Å². The van der Waals surface area contributed by atoms with Crippen molar-refractivity contribution in [1.29, 1.82) is 5.26 Å². The van der Waals surface area contributed by atoms with Crippen LogP contribution in [0.5, 0.6) is 0 Å². The molecule has 0 radical (unpaired) electrons. The first-order valence-corrected chi connectivity index (χ1v) is 5.78. The quantitative estimate of drug-likeness (QED) is 0.798. The van der Waals surface area contributed by atoms with Crippen molar-refractivity contribution in [3.8, 4) is 6.07 Å². The number of nitrogens with one attached hydrogen (secondary N) is 1. The Labute approximate surface area is 99.2 Å². The fraction of sp³-hybridized carbons (Fsp3) is 0.846. The molecule has 0 aliphatic rings. The maximum absolute atomic E-state index is 11.7. The fourth-order valence-electron chi connectivity index (χ4n) is 1.86. The zero-order valence-electron chi connectivity index (χ0n) is 11.3. The third kappa shape index (κ3) is 7.28. The summed E-state index contributed by atoms with van der Waals surface area (Å²) in [6.07, 6.45) is 1.50. The number of nitrogens with zero attached hydrogens (tertiary/aromatic N) is 1. The predicted octanol–water partition coefficient (Wildman–Crippen LogP) is 2.87. The topological polar surface area (TPSA) is 52.9 Å². The van der Waals surface area contributed by atoms with Gasteiger partial charge in [0.15, 0.2) is 0 Å². The van der Waals surface area contributed by atoms with Crippen LogP contribution in [0.1, 0.15) is 54.4 Å². The second kappa shape index (κ2) is 5.34. The van der Waals surface area contributed by atoms with E-state index < -0.39 is 5.54 Å². The fourth-order valence-corrected chi connectivity index (χ4v) is 1.86. The number of hydrogen-bond donors (Lipinski definition) is 1. The Morgan fingerprint density at radius 3 is 2.19 bits per heavy atom. The van der Waals surface area contributed by atoms with Crippen LogP contribution in [0.15, 0.2) is 0 Å². The average Bonchev–Trinajstić information content (AvgIpc) is 1.98. The molecule has 1 N–H and O–H groups in total. The minimum absolute atomic E-state index is 0.0386. The summed E-state index contributed by atoms with van der Waals surface area (Å²) in [5, 5.41) is 11.5. The van der Waals surface area contributed by atoms with Crippen molar-refractivity contribution in [2.75, 3.05) is 0 Å². The zero-order valence-corrected chi connectivity index (χ0v) is 11.3. The van der Waals surface area contributed by atoms with Crippen molar-refractivity contribution < 1.29 is 4.79 Å². The highest BCUT2D eigenvalue weighted by Crippen LogP contribution is 2.25. The molecule has 0 aliphatic carbocycles. The molecule has 1 atom stereocenters. The van der Waals surface area contributed by atoms with Crippen molar-refractivity contribution in [3.05, 3.63) is 0 Å². The SMILES string of the molecule is CC(CC(=O)NC(C)(C)C#N)CC(C)(C)C. The van der Waals surface area contributed by atoms with Crippen LogP contribution >= 0.6 is 0 Å². The van der Waals surface area contributed by atoms with E-state index in [0.717, 1.165) is 6.42 Å². The summed E-state index contributed by atoms with van der Waals surface area (Å²) in [7, 11) is 0. The molecule has 92 valence electrons. The van der Waals surface area contributed by atoms with Gasteiger partial charge in [0.05, 0.1) is 6.07 Å². The lowest BCUT2D eigenvalue weighted by atomic mass is 9.84. The molecule has 0 aliphatic heterocycles. The Morgan fingerprint density at radius 1 is 1.31 bits per heavy atom. The van der Waals surface area contributed by atoms with Crippen LogP contribution in [0.3, 0.4) is 0 Å². The third-order valence-corrected chi connectivity index (χ3v) is 2.23. The number of carbonyl (C=O) groups is 1. The van der Waals surface area contributed by atoms with Crippen molar-refractivity contribution in [2.24, 2.45) is 11.3 Å². The lowest BCUT2D eigenvalue weighted by molar-refractivity contribution is -0.123. The Balaban J connectivity index is 4.13. The lowest BCUT2D eigenvalue weighted by Crippen LogP contribution is -2.42. The maximum atomic E-state index is 11.7. The molecule has 0 saturated heterocycles. The van der Waals surface area contributed by atoms with Gasteiger partial charge in [0.25, 0.3) is 0 Å². The highest BCUT2D eigenvalue weighted by Gasteiger charge is 2.22. The second-order valence-electron chi connectivity index (χ2n) is 6.36. The normalized spacial score (nSPS) is 14.1. The molecular formula is C13H24N2O. The van der Waals surface area contributed by atoms with Gasteiger partial charge in [-0.05, 0) is 31.6 Å². The van der Waals surface area contributed by atoms with Gasteiger partial charge in [-0.25, -0.2) is 0 Å². The molecule has 3 heteroatoms. The average molecular weight is 224 g/mol. The zero-order chi connectivity index (χ0) is 13.0. The number of amides is 1. The van der Waals surface area contributed by atoms with Crippen molar-refractivity contribution in [1.82, 2.24) is 5.32 Å². The van der Waals surface area contributed by atoms with Crippen LogP contribution in [0, 0.1) is 22.7 Å². The molecule has 16 heavy (non-hydrogen) atoms. The molecule has 0 bridgehead atoms. The van der Waals surface area contributed by atoms with Crippen LogP contribution in [0.4, 0.5) is 0 Å². The molecule has 1 amide bonds. The molecule has 0 aromatic carbocycles. The van der Waals surface area contributed by atoms with Crippen LogP contribution < -0.4 is 5.32 Å². The van der Waals surface area contributed by atoms with E-state index in [-0.39, 0.29) is 11.3 Å². The highest BCUT2D eigenvalue weighted by atomic mass is 16.1. The largest absolute Gasteiger partial charge is 0.338 e. The minimum atomic E-state index is -0.765. The molecule has 0 saturated carbocycles. The monoisotopic (exact) mass is 224 g/mol. The van der Waals surface area contributed by atoms with Gasteiger partial charge in [-0.15, -0.1) is 0 Å². The van der Waals surface area contributed by atoms with Crippen LogP contribution in [-0.2, 0) is 4.79 Å². The Bertz CT molecular complexity index is 281. The van der Waals surface area contributed by atoms with E-state index in [0.29, 0.717) is 12.3 Å². The summed E-state index contributed by atoms with van der Waals surface area (Å²) in [6, 6.07) is 2.06. The van der Waals surface area contributed by atoms with Gasteiger partial charge in [0.1, 0.15) is 5.54 Å². The number of rotatable bonds is 4. The summed E-state index contributed by atoms with van der Waals surface area (Å²) in [5.41, 5.74) is -0.525. The smallest absolute Gasteiger partial charge is 0.221 e. The highest BCUT2D eigenvalue weighted by molar-refractivity contribution is 5.77. The Hall–Kier alpha value is -1.04. The second-order valence-corrected chi connectivity index (χ2v) is 6.36. The van der Waals surface area contributed by atoms with E-state index in [1.54, 1.807) is 13.8 Å². The number of hydrogen-bond acceptors (Lipinski definition) is 2. The van der Waals surface area contributed by atoms with E-state index in [2.05, 4.69) is 39.1 Å². The summed E-state index contributed by atoms with van der Waals surface area (Å²) < 4.78 is 0. The predicted molar refractivity (Wildman–Crippen MR) is 65.7 cm³/mol. The summed E-state index contributed by atoms with van der Waals surface area (Å²) in [4.78, 5) is 11.7. The standard InChI is InChI=1S/C13H24N2O/c1-10(8-12(2,3)4)7-11(16)15-13(5,6)9-14/h10H,7-8H2,1-6H3,(H,15,16). The Kier molecular flexibility index (Phi) is 4.99. The van der Waals surface area contributed by atoms with Gasteiger partial charge in [-0.2, -0.15) is 5.26 Å². The number of nitriles is 1. The van der Waals surface area contributed by atoms with Crippen molar-refractivity contribution in [2.45, 2.75) is 59.9 Å². The van der Waals surface area contributed by atoms with Gasteiger partial charge in [-0.3, -0.25) is 4.79 Å². The molecule has 0 aromatic rings. The van der Waals surface area contributed by atoms with Crippen LogP contribution in [0.25, 0.3) is 0 Å². The van der Waals surface area contributed by atoms with Crippen molar-refractivity contribution in [3.63, 3.8) is 0 Å². The van der Waals surface area contributed by atoms with Gasteiger partial charge in [0.2, 0.25) is 5.91 Å². The number of carbonyl (C=O) groups excluding carboxylic acids is 1. The first-order chi connectivity index (χ1) is 7.06. The van der Waals surface area contributed by atoms with E-state index in [1.807, 2.05) is 0 Å². The molecular weight excluding hydrogens is 200 g/mol. The van der Waals surface area contributed by atoms with E-state index in [4.69, 9.17) is 5.26 Å². The molecule has 3 nitrogen and oxygen atoms in total. The molecule has 0 rings (SSSR count). The van der Waals surface area contributed by atoms with Gasteiger partial charge < -0.3 is 5.32 Å². The first kappa shape index (κ1) is 15.0. The van der Waals surface area contributed by atoms with Crippen LogP contribution in [0.2, 0.25) is 0 Å². The molecule has 0 heterocycles. The summed E-state index contributed by atoms with van der Waals surface area (Å²) in [6.45, 7) is 12.0. The molecule has 0 spiro atoms. The summed E-state index contributed by atoms with van der Waals surface area (Å²) in [5.74, 6) is 0.304. The van der Waals surface area contributed by atoms with Crippen LogP contribution in [-0.4, -0.2) is 11.4 Å². The van der Waals surface area contributed by atoms with Gasteiger partial charge in [0, 0.05) is 6.42 Å². The maximum Gasteiger partial charge on any atom is 0.221 e. The van der Waals surface area contributed by atoms with E-state index in [9.17, 15) is 4.79 Å². The van der Waals surface area contributed by atoms with E-state index >= 15 is 0 Å². The molecule has 0 aromatic heterocycles. The summed E-state index contributed by atoms with van der Waals surface area (Å²) >= 11 is 0. The molecule has 1 unspecified atom stereocenters. The minimum Gasteiger partial charge on any atom is -0.338 e. The van der Waals surface area contributed by atoms with E-state index in [1.165, 1.54) is 0 Å². The first-order valence-electron chi connectivity index (χ1n) is 5.78. The lowest BCUT2D eigenvalue weighted by Gasteiger charge is -2.24. The van der Waals surface area contributed by atoms with Crippen molar-refractivity contribution >= 4 is 5.91 Å². The molecule has 0 fully saturated rings. The Morgan fingerprint density at radius 2 is 1.81 bits per heavy atom. The third-order valence-electron chi connectivity index (χ3n) is 2.23. The van der Waals surface area contributed by atoms with Gasteiger partial charge in [-0.1, -0.05) is 27.7 Å².